The molecule has 0 spiro atoms. The van der Waals surface area contributed by atoms with Crippen LogP contribution in [0.5, 0.6) is 0 Å². The molecular formula is C15H22N4. The Morgan fingerprint density at radius 2 is 2.05 bits per heavy atom. The molecular weight excluding hydrogens is 236 g/mol. The minimum Gasteiger partial charge on any atom is -0.366 e. The summed E-state index contributed by atoms with van der Waals surface area (Å²) in [5.41, 5.74) is 8.28. The van der Waals surface area contributed by atoms with E-state index in [9.17, 15) is 0 Å². The van der Waals surface area contributed by atoms with E-state index in [0.29, 0.717) is 6.54 Å². The Balaban J connectivity index is 2.19. The molecule has 0 radical (unpaired) electrons. The maximum Gasteiger partial charge on any atom is 0.0692 e. The van der Waals surface area contributed by atoms with Gasteiger partial charge in [-0.2, -0.15) is 5.10 Å². The van der Waals surface area contributed by atoms with Crippen LogP contribution in [0.4, 0.5) is 5.69 Å². The number of aromatic nitrogens is 2. The smallest absolute Gasteiger partial charge is 0.0692 e. The predicted molar refractivity (Wildman–Crippen MR) is 79.2 cm³/mol. The largest absolute Gasteiger partial charge is 0.366 e. The number of anilines is 1. The van der Waals surface area contributed by atoms with Crippen molar-refractivity contribution in [2.75, 3.05) is 18.5 Å². The number of benzene rings is 1. The summed E-state index contributed by atoms with van der Waals surface area (Å²) in [5.74, 6) is 0. The van der Waals surface area contributed by atoms with Crippen LogP contribution in [0.2, 0.25) is 0 Å². The summed E-state index contributed by atoms with van der Waals surface area (Å²) in [7, 11) is 2.07. The van der Waals surface area contributed by atoms with Gasteiger partial charge in [-0.25, -0.2) is 0 Å². The molecule has 1 aromatic heterocycles. The summed E-state index contributed by atoms with van der Waals surface area (Å²) in [5, 5.41) is 4.39. The molecule has 4 nitrogen and oxygen atoms in total. The van der Waals surface area contributed by atoms with Gasteiger partial charge in [-0.05, 0) is 18.6 Å². The molecule has 4 heteroatoms. The van der Waals surface area contributed by atoms with Gasteiger partial charge < -0.3 is 10.6 Å². The maximum absolute atomic E-state index is 5.95. The van der Waals surface area contributed by atoms with E-state index in [0.717, 1.165) is 13.0 Å². The summed E-state index contributed by atoms with van der Waals surface area (Å²) < 4.78 is 1.98. The zero-order chi connectivity index (χ0) is 13.7. The normalized spacial score (nSPS) is 12.4. The van der Waals surface area contributed by atoms with Gasteiger partial charge in [0, 0.05) is 37.6 Å². The lowest BCUT2D eigenvalue weighted by molar-refractivity contribution is 0.600. The van der Waals surface area contributed by atoms with Crippen LogP contribution in [-0.4, -0.2) is 23.4 Å². The molecule has 0 saturated carbocycles. The highest BCUT2D eigenvalue weighted by Crippen LogP contribution is 2.24. The minimum atomic E-state index is 0.160. The fourth-order valence-corrected chi connectivity index (χ4v) is 2.26. The average molecular weight is 258 g/mol. The molecule has 0 bridgehead atoms. The van der Waals surface area contributed by atoms with E-state index in [-0.39, 0.29) is 6.04 Å². The molecule has 0 fully saturated rings. The van der Waals surface area contributed by atoms with E-state index in [1.54, 1.807) is 0 Å². The minimum absolute atomic E-state index is 0.160. The van der Waals surface area contributed by atoms with Crippen molar-refractivity contribution in [2.45, 2.75) is 25.9 Å². The summed E-state index contributed by atoms with van der Waals surface area (Å²) >= 11 is 0. The van der Waals surface area contributed by atoms with E-state index in [1.165, 1.54) is 11.3 Å². The number of nitrogens with two attached hydrogens (primary N) is 1. The van der Waals surface area contributed by atoms with E-state index < -0.39 is 0 Å². The number of para-hydroxylation sites is 1. The Labute approximate surface area is 114 Å². The Morgan fingerprint density at radius 1 is 1.32 bits per heavy atom. The van der Waals surface area contributed by atoms with Gasteiger partial charge in [-0.15, -0.1) is 0 Å². The molecule has 1 aromatic carbocycles. The molecule has 1 unspecified atom stereocenters. The molecule has 1 atom stereocenters. The van der Waals surface area contributed by atoms with Crippen LogP contribution < -0.4 is 10.6 Å². The van der Waals surface area contributed by atoms with Gasteiger partial charge in [0.2, 0.25) is 0 Å². The van der Waals surface area contributed by atoms with E-state index >= 15 is 0 Å². The molecule has 2 aromatic rings. The van der Waals surface area contributed by atoms with Crippen molar-refractivity contribution in [1.82, 2.24) is 9.78 Å². The Hall–Kier alpha value is -1.81. The lowest BCUT2D eigenvalue weighted by Crippen LogP contribution is -2.30. The summed E-state index contributed by atoms with van der Waals surface area (Å²) in [6.07, 6.45) is 5.11. The first-order valence-electron chi connectivity index (χ1n) is 6.76. The lowest BCUT2D eigenvalue weighted by atomic mass is 10.1. The Morgan fingerprint density at radius 3 is 2.68 bits per heavy atom. The second-order valence-electron chi connectivity index (χ2n) is 4.73. The molecule has 0 aliphatic rings. The molecule has 102 valence electrons. The van der Waals surface area contributed by atoms with Crippen molar-refractivity contribution in [3.05, 3.63) is 48.3 Å². The number of hydrogen-bond donors (Lipinski definition) is 1. The highest BCUT2D eigenvalue weighted by Gasteiger charge is 2.17. The first-order valence-corrected chi connectivity index (χ1v) is 6.76. The predicted octanol–water partition coefficient (Wildman–Crippen LogP) is 2.43. The van der Waals surface area contributed by atoms with Crippen molar-refractivity contribution >= 4 is 5.69 Å². The monoisotopic (exact) mass is 258 g/mol. The zero-order valence-corrected chi connectivity index (χ0v) is 11.7. The van der Waals surface area contributed by atoms with Gasteiger partial charge in [-0.1, -0.05) is 25.1 Å². The van der Waals surface area contributed by atoms with E-state index in [1.807, 2.05) is 29.1 Å². The Kier molecular flexibility index (Phi) is 4.58. The topological polar surface area (TPSA) is 47.1 Å². The standard InChI is InChI=1S/C15H22N4/c1-3-9-19-12-13(11-17-19)15(10-16)18(2)14-7-5-4-6-8-14/h4-8,11-12,15H,3,9-10,16H2,1-2H3. The van der Waals surface area contributed by atoms with Gasteiger partial charge in [-0.3, -0.25) is 4.68 Å². The van der Waals surface area contributed by atoms with Crippen molar-refractivity contribution < 1.29 is 0 Å². The second-order valence-corrected chi connectivity index (χ2v) is 4.73. The van der Waals surface area contributed by atoms with Crippen LogP contribution in [-0.2, 0) is 6.54 Å². The van der Waals surface area contributed by atoms with Crippen molar-refractivity contribution in [2.24, 2.45) is 5.73 Å². The summed E-state index contributed by atoms with van der Waals surface area (Å²) in [6, 6.07) is 10.5. The molecule has 19 heavy (non-hydrogen) atoms. The van der Waals surface area contributed by atoms with Gasteiger partial charge in [0.25, 0.3) is 0 Å². The molecule has 1 heterocycles. The number of aryl methyl sites for hydroxylation is 1. The van der Waals surface area contributed by atoms with Crippen LogP contribution >= 0.6 is 0 Å². The van der Waals surface area contributed by atoms with Crippen LogP contribution in [0.25, 0.3) is 0 Å². The number of rotatable bonds is 6. The third kappa shape index (κ3) is 3.15. The van der Waals surface area contributed by atoms with Gasteiger partial charge >= 0.3 is 0 Å². The van der Waals surface area contributed by atoms with Crippen molar-refractivity contribution in [3.8, 4) is 0 Å². The first-order chi connectivity index (χ1) is 9.26. The van der Waals surface area contributed by atoms with E-state index in [2.05, 4.69) is 42.3 Å². The number of hydrogen-bond acceptors (Lipinski definition) is 3. The molecule has 2 rings (SSSR count). The van der Waals surface area contributed by atoms with Crippen LogP contribution in [0.1, 0.15) is 24.9 Å². The third-order valence-electron chi connectivity index (χ3n) is 3.34. The second kappa shape index (κ2) is 6.38. The average Bonchev–Trinajstić information content (AvgIpc) is 2.89. The molecule has 0 amide bonds. The molecule has 2 N–H and O–H groups in total. The van der Waals surface area contributed by atoms with Crippen molar-refractivity contribution in [1.29, 1.82) is 0 Å². The van der Waals surface area contributed by atoms with Gasteiger partial charge in [0.1, 0.15) is 0 Å². The third-order valence-corrected chi connectivity index (χ3v) is 3.34. The molecule has 0 aliphatic heterocycles. The van der Waals surface area contributed by atoms with Crippen LogP contribution in [0.3, 0.4) is 0 Å². The summed E-state index contributed by atoms with van der Waals surface area (Å²) in [6.45, 7) is 3.67. The SMILES string of the molecule is CCCn1cc(C(CN)N(C)c2ccccc2)cn1. The quantitative estimate of drug-likeness (QED) is 0.865. The first kappa shape index (κ1) is 13.6. The highest BCUT2D eigenvalue weighted by molar-refractivity contribution is 5.47. The Bertz CT molecular complexity index is 492. The highest BCUT2D eigenvalue weighted by atomic mass is 15.3. The van der Waals surface area contributed by atoms with Crippen LogP contribution in [0.15, 0.2) is 42.7 Å². The summed E-state index contributed by atoms with van der Waals surface area (Å²) in [4.78, 5) is 2.20. The number of nitrogens with zero attached hydrogens (tertiary/aromatic N) is 3. The fraction of sp³-hybridized carbons (Fsp3) is 0.400. The number of likely N-dealkylation sites (N-methyl/N-ethyl adjacent to an activating group) is 1. The zero-order valence-electron chi connectivity index (χ0n) is 11.7. The van der Waals surface area contributed by atoms with Crippen molar-refractivity contribution in [3.63, 3.8) is 0 Å². The van der Waals surface area contributed by atoms with E-state index in [4.69, 9.17) is 5.73 Å². The molecule has 0 saturated heterocycles. The lowest BCUT2D eigenvalue weighted by Gasteiger charge is -2.28. The fourth-order valence-electron chi connectivity index (χ4n) is 2.26. The van der Waals surface area contributed by atoms with Crippen LogP contribution in [0, 0.1) is 0 Å². The van der Waals surface area contributed by atoms with Gasteiger partial charge in [0.05, 0.1) is 12.2 Å². The van der Waals surface area contributed by atoms with Gasteiger partial charge in [0.15, 0.2) is 0 Å². The molecule has 0 aliphatic carbocycles. The maximum atomic E-state index is 5.95.